The number of nitrogens with zero attached hydrogens (tertiary/aromatic N) is 1. The fourth-order valence-electron chi connectivity index (χ4n) is 1.97. The van der Waals surface area contributed by atoms with Gasteiger partial charge in [-0.05, 0) is 29.0 Å². The number of rotatable bonds is 3. The zero-order chi connectivity index (χ0) is 14.2. The fourth-order valence-corrected chi connectivity index (χ4v) is 1.97. The van der Waals surface area contributed by atoms with E-state index < -0.39 is 0 Å². The van der Waals surface area contributed by atoms with E-state index in [1.807, 2.05) is 6.07 Å². The molecule has 1 heterocycles. The van der Waals surface area contributed by atoms with Gasteiger partial charge >= 0.3 is 0 Å². The molecule has 0 saturated heterocycles. The lowest BCUT2D eigenvalue weighted by atomic mass is 9.87. The first-order chi connectivity index (χ1) is 8.77. The Morgan fingerprint density at radius 3 is 2.53 bits per heavy atom. The lowest BCUT2D eigenvalue weighted by Gasteiger charge is -2.18. The molecule has 2 N–H and O–H groups in total. The van der Waals surface area contributed by atoms with E-state index in [2.05, 4.69) is 51.7 Å². The minimum Gasteiger partial charge on any atom is -0.441 e. The molecular weight excluding hydrogens is 236 g/mol. The van der Waals surface area contributed by atoms with Crippen molar-refractivity contribution in [2.75, 3.05) is 0 Å². The number of hydrogen-bond acceptors (Lipinski definition) is 3. The molecule has 0 aliphatic carbocycles. The molecule has 0 aliphatic rings. The van der Waals surface area contributed by atoms with Gasteiger partial charge in [0.05, 0.1) is 0 Å². The van der Waals surface area contributed by atoms with E-state index in [1.165, 1.54) is 5.56 Å². The Morgan fingerprint density at radius 1 is 1.26 bits per heavy atom. The molecule has 3 nitrogen and oxygen atoms in total. The van der Waals surface area contributed by atoms with Gasteiger partial charge in [0.25, 0.3) is 0 Å². The van der Waals surface area contributed by atoms with Crippen molar-refractivity contribution < 1.29 is 4.42 Å². The summed E-state index contributed by atoms with van der Waals surface area (Å²) < 4.78 is 5.77. The first-order valence-electron chi connectivity index (χ1n) is 6.93. The van der Waals surface area contributed by atoms with Gasteiger partial charge in [0.15, 0.2) is 11.5 Å². The fraction of sp³-hybridized carbons (Fsp3) is 0.562. The number of nitrogens with two attached hydrogens (primary N) is 1. The maximum atomic E-state index is 6.07. The first-order valence-corrected chi connectivity index (χ1v) is 6.93. The summed E-state index contributed by atoms with van der Waals surface area (Å²) in [5, 5.41) is 0. The van der Waals surface area contributed by atoms with E-state index in [4.69, 9.17) is 10.2 Å². The van der Waals surface area contributed by atoms with Gasteiger partial charge in [0.2, 0.25) is 0 Å². The van der Waals surface area contributed by atoms with Gasteiger partial charge in [-0.25, -0.2) is 4.98 Å². The first kappa shape index (κ1) is 14.1. The smallest absolute Gasteiger partial charge is 0.197 e. The van der Waals surface area contributed by atoms with Crippen LogP contribution < -0.4 is 5.73 Å². The third-order valence-electron chi connectivity index (χ3n) is 3.56. The van der Waals surface area contributed by atoms with E-state index in [1.54, 1.807) is 0 Å². The standard InChI is InChI=1S/C16H24N2O/c1-10(2)12(17)9-15-18-13-8-11(16(3,4)5)6-7-14(13)19-15/h6-8,10,12H,9,17H2,1-5H3. The zero-order valence-corrected chi connectivity index (χ0v) is 12.5. The van der Waals surface area contributed by atoms with Crippen LogP contribution >= 0.6 is 0 Å². The Labute approximate surface area is 115 Å². The monoisotopic (exact) mass is 260 g/mol. The number of oxazole rings is 1. The predicted octanol–water partition coefficient (Wildman–Crippen LogP) is 3.65. The van der Waals surface area contributed by atoms with Gasteiger partial charge in [0.1, 0.15) is 5.52 Å². The highest BCUT2D eigenvalue weighted by molar-refractivity contribution is 5.73. The molecule has 3 heteroatoms. The van der Waals surface area contributed by atoms with E-state index in [-0.39, 0.29) is 11.5 Å². The molecule has 0 saturated carbocycles. The minimum atomic E-state index is 0.0927. The normalized spacial score (nSPS) is 14.3. The Hall–Kier alpha value is -1.35. The Bertz CT molecular complexity index is 564. The third-order valence-corrected chi connectivity index (χ3v) is 3.56. The van der Waals surface area contributed by atoms with Crippen molar-refractivity contribution in [2.24, 2.45) is 11.7 Å². The maximum absolute atomic E-state index is 6.07. The SMILES string of the molecule is CC(C)C(N)Cc1nc2cc(C(C)(C)C)ccc2o1. The quantitative estimate of drug-likeness (QED) is 0.916. The molecule has 19 heavy (non-hydrogen) atoms. The second-order valence-electron chi connectivity index (χ2n) is 6.65. The predicted molar refractivity (Wildman–Crippen MR) is 79.2 cm³/mol. The van der Waals surface area contributed by atoms with E-state index in [9.17, 15) is 0 Å². The van der Waals surface area contributed by atoms with Crippen LogP contribution in [0.3, 0.4) is 0 Å². The lowest BCUT2D eigenvalue weighted by molar-refractivity contribution is 0.433. The van der Waals surface area contributed by atoms with Gasteiger partial charge < -0.3 is 10.2 Å². The molecule has 2 aromatic rings. The van der Waals surface area contributed by atoms with Crippen molar-refractivity contribution >= 4 is 11.1 Å². The summed E-state index contributed by atoms with van der Waals surface area (Å²) in [6.45, 7) is 10.8. The van der Waals surface area contributed by atoms with Crippen molar-refractivity contribution in [1.82, 2.24) is 4.98 Å². The van der Waals surface area contributed by atoms with Crippen LogP contribution in [0.4, 0.5) is 0 Å². The molecule has 0 amide bonds. The molecule has 1 unspecified atom stereocenters. The Morgan fingerprint density at radius 2 is 1.95 bits per heavy atom. The molecule has 1 aromatic carbocycles. The highest BCUT2D eigenvalue weighted by atomic mass is 16.3. The molecule has 1 atom stereocenters. The van der Waals surface area contributed by atoms with Crippen LogP contribution in [0.2, 0.25) is 0 Å². The minimum absolute atomic E-state index is 0.0927. The molecule has 0 spiro atoms. The van der Waals surface area contributed by atoms with Gasteiger partial charge in [-0.15, -0.1) is 0 Å². The second kappa shape index (κ2) is 4.97. The average molecular weight is 260 g/mol. The number of aromatic nitrogens is 1. The molecule has 0 aliphatic heterocycles. The molecule has 0 radical (unpaired) electrons. The molecule has 1 aromatic heterocycles. The molecule has 104 valence electrons. The summed E-state index contributed by atoms with van der Waals surface area (Å²) in [4.78, 5) is 4.56. The number of fused-ring (bicyclic) bond motifs is 1. The van der Waals surface area contributed by atoms with Crippen LogP contribution in [-0.2, 0) is 11.8 Å². The molecule has 0 fully saturated rings. The molecule has 2 rings (SSSR count). The summed E-state index contributed by atoms with van der Waals surface area (Å²) >= 11 is 0. The van der Waals surface area contributed by atoms with Gasteiger partial charge in [-0.2, -0.15) is 0 Å². The topological polar surface area (TPSA) is 52.0 Å². The van der Waals surface area contributed by atoms with E-state index in [0.29, 0.717) is 12.3 Å². The van der Waals surface area contributed by atoms with Crippen LogP contribution in [0.15, 0.2) is 22.6 Å². The number of benzene rings is 1. The third kappa shape index (κ3) is 3.16. The lowest BCUT2D eigenvalue weighted by Crippen LogP contribution is -2.28. The Balaban J connectivity index is 2.31. The summed E-state index contributed by atoms with van der Waals surface area (Å²) in [5.41, 5.74) is 9.24. The summed E-state index contributed by atoms with van der Waals surface area (Å²) in [6.07, 6.45) is 0.692. The summed E-state index contributed by atoms with van der Waals surface area (Å²) in [5.74, 6) is 1.17. The zero-order valence-electron chi connectivity index (χ0n) is 12.5. The summed E-state index contributed by atoms with van der Waals surface area (Å²) in [6, 6.07) is 6.33. The van der Waals surface area contributed by atoms with Gasteiger partial charge in [0, 0.05) is 12.5 Å². The van der Waals surface area contributed by atoms with Crippen molar-refractivity contribution in [1.29, 1.82) is 0 Å². The van der Waals surface area contributed by atoms with Gasteiger partial charge in [-0.1, -0.05) is 40.7 Å². The van der Waals surface area contributed by atoms with Crippen LogP contribution in [0.25, 0.3) is 11.1 Å². The van der Waals surface area contributed by atoms with Crippen LogP contribution in [-0.4, -0.2) is 11.0 Å². The molecule has 0 bridgehead atoms. The molecular formula is C16H24N2O. The maximum Gasteiger partial charge on any atom is 0.197 e. The van der Waals surface area contributed by atoms with Crippen LogP contribution in [0, 0.1) is 5.92 Å². The number of hydrogen-bond donors (Lipinski definition) is 1. The van der Waals surface area contributed by atoms with Crippen molar-refractivity contribution in [3.63, 3.8) is 0 Å². The van der Waals surface area contributed by atoms with Gasteiger partial charge in [-0.3, -0.25) is 0 Å². The van der Waals surface area contributed by atoms with Crippen molar-refractivity contribution in [3.8, 4) is 0 Å². The largest absolute Gasteiger partial charge is 0.441 e. The van der Waals surface area contributed by atoms with E-state index in [0.717, 1.165) is 17.0 Å². The second-order valence-corrected chi connectivity index (χ2v) is 6.65. The summed E-state index contributed by atoms with van der Waals surface area (Å²) in [7, 11) is 0. The van der Waals surface area contributed by atoms with Crippen molar-refractivity contribution in [3.05, 3.63) is 29.7 Å². The highest BCUT2D eigenvalue weighted by Gasteiger charge is 2.17. The van der Waals surface area contributed by atoms with Crippen LogP contribution in [0.1, 0.15) is 46.1 Å². The van der Waals surface area contributed by atoms with Crippen molar-refractivity contribution in [2.45, 2.75) is 52.5 Å². The highest BCUT2D eigenvalue weighted by Crippen LogP contribution is 2.26. The van der Waals surface area contributed by atoms with Crippen LogP contribution in [0.5, 0.6) is 0 Å². The Kier molecular flexibility index (Phi) is 3.68. The average Bonchev–Trinajstić information content (AvgIpc) is 2.68. The van der Waals surface area contributed by atoms with E-state index >= 15 is 0 Å².